The highest BCUT2D eigenvalue weighted by atomic mass is 79.9. The molecule has 1 atom stereocenters. The maximum atomic E-state index is 12.1. The van der Waals surface area contributed by atoms with E-state index in [4.69, 9.17) is 10.4 Å². The first kappa shape index (κ1) is 17.0. The van der Waals surface area contributed by atoms with Crippen molar-refractivity contribution in [3.8, 4) is 6.07 Å². The van der Waals surface area contributed by atoms with Crippen molar-refractivity contribution in [1.82, 2.24) is 4.90 Å². The molecule has 1 rings (SSSR count). The zero-order valence-corrected chi connectivity index (χ0v) is 13.3. The molecule has 1 aromatic carbocycles. The van der Waals surface area contributed by atoms with Crippen LogP contribution in [0.2, 0.25) is 0 Å². The fourth-order valence-electron chi connectivity index (χ4n) is 1.71. The van der Waals surface area contributed by atoms with Crippen LogP contribution in [-0.4, -0.2) is 35.1 Å². The predicted molar refractivity (Wildman–Crippen MR) is 82.1 cm³/mol. The second-order valence-corrected chi connectivity index (χ2v) is 5.45. The van der Waals surface area contributed by atoms with E-state index in [1.54, 1.807) is 13.0 Å². The molecule has 0 aliphatic rings. The van der Waals surface area contributed by atoms with Crippen LogP contribution < -0.4 is 5.32 Å². The van der Waals surface area contributed by atoms with Crippen LogP contribution in [0.4, 0.5) is 10.5 Å². The molecule has 1 unspecified atom stereocenters. The van der Waals surface area contributed by atoms with Gasteiger partial charge in [0.05, 0.1) is 17.6 Å². The van der Waals surface area contributed by atoms with E-state index in [-0.39, 0.29) is 17.5 Å². The number of carbonyl (C=O) groups is 2. The lowest BCUT2D eigenvalue weighted by atomic mass is 10.2. The number of nitriles is 1. The lowest BCUT2D eigenvalue weighted by Crippen LogP contribution is -2.37. The van der Waals surface area contributed by atoms with Gasteiger partial charge in [-0.3, -0.25) is 0 Å². The van der Waals surface area contributed by atoms with Crippen LogP contribution in [0.5, 0.6) is 0 Å². The minimum atomic E-state index is -1.07. The number of rotatable bonds is 5. The molecule has 1 aromatic rings. The second kappa shape index (κ2) is 7.64. The van der Waals surface area contributed by atoms with Gasteiger partial charge in [0.2, 0.25) is 0 Å². The van der Waals surface area contributed by atoms with E-state index in [0.29, 0.717) is 23.2 Å². The molecule has 112 valence electrons. The number of amides is 2. The van der Waals surface area contributed by atoms with Gasteiger partial charge < -0.3 is 15.3 Å². The van der Waals surface area contributed by atoms with Crippen molar-refractivity contribution in [2.75, 3.05) is 18.4 Å². The number of halogens is 1. The molecule has 21 heavy (non-hydrogen) atoms. The van der Waals surface area contributed by atoms with Gasteiger partial charge in [0.25, 0.3) is 0 Å². The Bertz CT molecular complexity index is 583. The van der Waals surface area contributed by atoms with Gasteiger partial charge in [-0.05, 0) is 32.0 Å². The van der Waals surface area contributed by atoms with Gasteiger partial charge in [-0.25, -0.2) is 9.59 Å². The molecule has 0 spiro atoms. The number of nitrogens with zero attached hydrogens (tertiary/aromatic N) is 2. The highest BCUT2D eigenvalue weighted by Gasteiger charge is 2.16. The topological polar surface area (TPSA) is 93.4 Å². The van der Waals surface area contributed by atoms with Gasteiger partial charge in [-0.1, -0.05) is 15.9 Å². The summed E-state index contributed by atoms with van der Waals surface area (Å²) in [5, 5.41) is 20.4. The van der Waals surface area contributed by atoms with Crippen molar-refractivity contribution < 1.29 is 14.7 Å². The van der Waals surface area contributed by atoms with Crippen LogP contribution in [0.15, 0.2) is 22.7 Å². The summed E-state index contributed by atoms with van der Waals surface area (Å²) in [5.74, 6) is -1.34. The molecule has 0 bridgehead atoms. The van der Waals surface area contributed by atoms with Gasteiger partial charge in [0.15, 0.2) is 0 Å². The Balaban J connectivity index is 2.87. The first-order chi connectivity index (χ1) is 9.87. The molecule has 0 heterocycles. The number of benzene rings is 1. The summed E-state index contributed by atoms with van der Waals surface area (Å²) >= 11 is 3.21. The van der Waals surface area contributed by atoms with Gasteiger partial charge in [-0.2, -0.15) is 5.26 Å². The van der Waals surface area contributed by atoms with E-state index < -0.39 is 5.97 Å². The van der Waals surface area contributed by atoms with Crippen LogP contribution >= 0.6 is 15.9 Å². The monoisotopic (exact) mass is 353 g/mol. The van der Waals surface area contributed by atoms with Gasteiger partial charge in [0, 0.05) is 23.2 Å². The molecule has 2 N–H and O–H groups in total. The summed E-state index contributed by atoms with van der Waals surface area (Å²) in [4.78, 5) is 24.6. The fraction of sp³-hybridized carbons (Fsp3) is 0.357. The Labute approximate surface area is 131 Å². The smallest absolute Gasteiger partial charge is 0.335 e. The molecule has 0 saturated carbocycles. The third-order valence-corrected chi connectivity index (χ3v) is 3.24. The van der Waals surface area contributed by atoms with Crippen molar-refractivity contribution in [1.29, 1.82) is 5.26 Å². The molecular formula is C14H16BrN3O3. The lowest BCUT2D eigenvalue weighted by molar-refractivity contribution is 0.0696. The Morgan fingerprint density at radius 3 is 2.67 bits per heavy atom. The average Bonchev–Trinajstić information content (AvgIpc) is 2.43. The second-order valence-electron chi connectivity index (χ2n) is 4.53. The van der Waals surface area contributed by atoms with Crippen LogP contribution in [0.25, 0.3) is 0 Å². The van der Waals surface area contributed by atoms with Crippen LogP contribution in [-0.2, 0) is 0 Å². The van der Waals surface area contributed by atoms with Crippen molar-refractivity contribution in [2.24, 2.45) is 5.92 Å². The van der Waals surface area contributed by atoms with E-state index in [9.17, 15) is 9.59 Å². The van der Waals surface area contributed by atoms with Crippen molar-refractivity contribution in [2.45, 2.75) is 13.8 Å². The number of carboxylic acid groups (broad SMARTS) is 1. The first-order valence-corrected chi connectivity index (χ1v) is 7.16. The minimum absolute atomic E-state index is 0.0770. The zero-order valence-electron chi connectivity index (χ0n) is 11.8. The van der Waals surface area contributed by atoms with E-state index in [0.717, 1.165) is 0 Å². The predicted octanol–water partition coefficient (Wildman–Crippen LogP) is 3.16. The molecule has 0 radical (unpaired) electrons. The van der Waals surface area contributed by atoms with Crippen LogP contribution in [0, 0.1) is 17.2 Å². The Morgan fingerprint density at radius 1 is 1.48 bits per heavy atom. The number of carboxylic acids is 1. The van der Waals surface area contributed by atoms with Crippen molar-refractivity contribution in [3.63, 3.8) is 0 Å². The summed E-state index contributed by atoms with van der Waals surface area (Å²) < 4.78 is 0.561. The number of hydrogen-bond donors (Lipinski definition) is 2. The molecule has 0 saturated heterocycles. The normalized spacial score (nSPS) is 11.3. The first-order valence-electron chi connectivity index (χ1n) is 6.36. The summed E-state index contributed by atoms with van der Waals surface area (Å²) in [6.45, 7) is 4.32. The number of hydrogen-bond acceptors (Lipinski definition) is 3. The van der Waals surface area contributed by atoms with E-state index in [1.807, 2.05) is 6.92 Å². The molecule has 6 nitrogen and oxygen atoms in total. The molecule has 0 fully saturated rings. The molecule has 7 heteroatoms. The largest absolute Gasteiger partial charge is 0.478 e. The lowest BCUT2D eigenvalue weighted by Gasteiger charge is -2.22. The summed E-state index contributed by atoms with van der Waals surface area (Å²) in [6.07, 6.45) is 0. The van der Waals surface area contributed by atoms with E-state index in [2.05, 4.69) is 27.3 Å². The van der Waals surface area contributed by atoms with E-state index in [1.165, 1.54) is 17.0 Å². The maximum Gasteiger partial charge on any atom is 0.335 e. The summed E-state index contributed by atoms with van der Waals surface area (Å²) in [6, 6.07) is 6.16. The Hall–Kier alpha value is -2.07. The molecule has 0 aliphatic carbocycles. The molecule has 0 aliphatic heterocycles. The number of urea groups is 1. The number of nitrogens with one attached hydrogen (secondary N) is 1. The quantitative estimate of drug-likeness (QED) is 0.849. The maximum absolute atomic E-state index is 12.1. The fourth-order valence-corrected chi connectivity index (χ4v) is 2.21. The van der Waals surface area contributed by atoms with Crippen molar-refractivity contribution >= 4 is 33.6 Å². The average molecular weight is 354 g/mol. The van der Waals surface area contributed by atoms with Gasteiger partial charge in [-0.15, -0.1) is 0 Å². The Morgan fingerprint density at radius 2 is 2.14 bits per heavy atom. The molecule has 2 amide bonds. The van der Waals surface area contributed by atoms with Crippen LogP contribution in [0.1, 0.15) is 24.2 Å². The standard InChI is InChI=1S/C14H16BrN3O3/c1-3-18(8-9(2)7-16)14(21)17-12-5-10(13(19)20)4-11(15)6-12/h4-6,9H,3,8H2,1-2H3,(H,17,21)(H,19,20). The van der Waals surface area contributed by atoms with Gasteiger partial charge >= 0.3 is 12.0 Å². The third kappa shape index (κ3) is 5.08. The SMILES string of the molecule is CCN(CC(C)C#N)C(=O)Nc1cc(Br)cc(C(=O)O)c1. The highest BCUT2D eigenvalue weighted by molar-refractivity contribution is 9.10. The summed E-state index contributed by atoms with van der Waals surface area (Å²) in [7, 11) is 0. The molecule has 0 aromatic heterocycles. The Kier molecular flexibility index (Phi) is 6.18. The van der Waals surface area contributed by atoms with Gasteiger partial charge in [0.1, 0.15) is 0 Å². The van der Waals surface area contributed by atoms with Crippen LogP contribution in [0.3, 0.4) is 0 Å². The number of carbonyl (C=O) groups excluding carboxylic acids is 1. The number of anilines is 1. The number of aromatic carboxylic acids is 1. The highest BCUT2D eigenvalue weighted by Crippen LogP contribution is 2.20. The zero-order chi connectivity index (χ0) is 16.0. The van der Waals surface area contributed by atoms with Crippen molar-refractivity contribution in [3.05, 3.63) is 28.2 Å². The summed E-state index contributed by atoms with van der Waals surface area (Å²) in [5.41, 5.74) is 0.461. The minimum Gasteiger partial charge on any atom is -0.478 e. The van der Waals surface area contributed by atoms with E-state index >= 15 is 0 Å². The third-order valence-electron chi connectivity index (χ3n) is 2.78. The molecular weight excluding hydrogens is 338 g/mol.